The molecule has 2 aliphatic rings. The minimum absolute atomic E-state index is 0.184. The van der Waals surface area contributed by atoms with Crippen LogP contribution in [-0.2, 0) is 12.8 Å². The molecule has 0 bridgehead atoms. The number of rotatable bonds is 2. The predicted octanol–water partition coefficient (Wildman–Crippen LogP) is 0.207. The maximum absolute atomic E-state index is 11.6. The first kappa shape index (κ1) is 11.5. The molecule has 2 heterocycles. The van der Waals surface area contributed by atoms with Crippen LogP contribution in [0.15, 0.2) is 6.07 Å². The van der Waals surface area contributed by atoms with Crippen molar-refractivity contribution < 1.29 is 4.79 Å². The molecule has 5 nitrogen and oxygen atoms in total. The molecule has 1 aromatic rings. The van der Waals surface area contributed by atoms with Crippen LogP contribution in [0.4, 0.5) is 5.82 Å². The molecule has 3 rings (SSSR count). The Bertz CT molecular complexity index is 494. The Labute approximate surface area is 106 Å². The maximum Gasteiger partial charge on any atom is 0.252 e. The molecule has 18 heavy (non-hydrogen) atoms. The Balaban J connectivity index is 2.02. The largest absolute Gasteiger partial charge is 0.365 e. The van der Waals surface area contributed by atoms with Gasteiger partial charge in [0.25, 0.3) is 5.91 Å². The highest BCUT2D eigenvalue weighted by molar-refractivity contribution is 5.98. The summed E-state index contributed by atoms with van der Waals surface area (Å²) in [6.07, 6.45) is 4.35. The van der Waals surface area contributed by atoms with Crippen molar-refractivity contribution in [2.75, 3.05) is 18.0 Å². The number of hydrogen-bond donors (Lipinski definition) is 2. The van der Waals surface area contributed by atoms with Crippen molar-refractivity contribution in [3.63, 3.8) is 0 Å². The minimum Gasteiger partial charge on any atom is -0.365 e. The molecule has 0 saturated carbocycles. The zero-order chi connectivity index (χ0) is 12.7. The summed E-state index contributed by atoms with van der Waals surface area (Å²) in [4.78, 5) is 18.3. The van der Waals surface area contributed by atoms with Crippen LogP contribution in [-0.4, -0.2) is 30.0 Å². The van der Waals surface area contributed by atoms with Gasteiger partial charge < -0.3 is 16.4 Å². The number of pyridine rings is 1. The number of amides is 1. The Kier molecular flexibility index (Phi) is 2.70. The number of aryl methyl sites for hydroxylation is 2. The van der Waals surface area contributed by atoms with Crippen molar-refractivity contribution in [3.05, 3.63) is 22.9 Å². The van der Waals surface area contributed by atoms with Crippen molar-refractivity contribution in [1.29, 1.82) is 0 Å². The average molecular weight is 246 g/mol. The standard InChI is InChI=1S/C13H18N4O/c14-9-6-17(7-9)13-10(12(15)18)5-8-3-1-2-4-11(8)16-13/h5,9H,1-4,6-7,14H2,(H2,15,18). The van der Waals surface area contributed by atoms with Crippen LogP contribution >= 0.6 is 0 Å². The maximum atomic E-state index is 11.6. The number of fused-ring (bicyclic) bond motifs is 1. The second-order valence-corrected chi connectivity index (χ2v) is 5.20. The fourth-order valence-electron chi connectivity index (χ4n) is 2.73. The van der Waals surface area contributed by atoms with Crippen molar-refractivity contribution in [1.82, 2.24) is 4.98 Å². The van der Waals surface area contributed by atoms with Crippen molar-refractivity contribution in [2.45, 2.75) is 31.7 Å². The molecule has 4 N–H and O–H groups in total. The quantitative estimate of drug-likeness (QED) is 0.781. The minimum atomic E-state index is -0.397. The molecule has 1 aliphatic heterocycles. The van der Waals surface area contributed by atoms with Gasteiger partial charge in [0.05, 0.1) is 5.56 Å². The van der Waals surface area contributed by atoms with Gasteiger partial charge in [-0.05, 0) is 37.3 Å². The number of primary amides is 1. The molecule has 0 unspecified atom stereocenters. The molecule has 96 valence electrons. The molecule has 5 heteroatoms. The van der Waals surface area contributed by atoms with E-state index in [1.54, 1.807) is 0 Å². The van der Waals surface area contributed by atoms with E-state index in [9.17, 15) is 4.79 Å². The molecule has 1 fully saturated rings. The molecular weight excluding hydrogens is 228 g/mol. The third kappa shape index (κ3) is 1.84. The molecule has 0 spiro atoms. The van der Waals surface area contributed by atoms with E-state index < -0.39 is 5.91 Å². The number of anilines is 1. The van der Waals surface area contributed by atoms with Gasteiger partial charge in [-0.3, -0.25) is 4.79 Å². The van der Waals surface area contributed by atoms with Gasteiger partial charge in [0.1, 0.15) is 5.82 Å². The van der Waals surface area contributed by atoms with Gasteiger partial charge >= 0.3 is 0 Å². The summed E-state index contributed by atoms with van der Waals surface area (Å²) in [6, 6.07) is 2.12. The Morgan fingerprint density at radius 1 is 1.33 bits per heavy atom. The third-order valence-corrected chi connectivity index (χ3v) is 3.76. The number of aromatic nitrogens is 1. The fourth-order valence-corrected chi connectivity index (χ4v) is 2.73. The first-order valence-electron chi connectivity index (χ1n) is 6.48. The Hall–Kier alpha value is -1.62. The van der Waals surface area contributed by atoms with Crippen LogP contribution in [0.25, 0.3) is 0 Å². The molecule has 0 atom stereocenters. The van der Waals surface area contributed by atoms with E-state index in [-0.39, 0.29) is 6.04 Å². The zero-order valence-electron chi connectivity index (χ0n) is 10.4. The molecule has 1 saturated heterocycles. The van der Waals surface area contributed by atoms with Crippen molar-refractivity contribution in [2.24, 2.45) is 11.5 Å². The van der Waals surface area contributed by atoms with E-state index >= 15 is 0 Å². The van der Waals surface area contributed by atoms with Crippen LogP contribution in [0.5, 0.6) is 0 Å². The van der Waals surface area contributed by atoms with Gasteiger partial charge in [-0.1, -0.05) is 0 Å². The molecular formula is C13H18N4O. The van der Waals surface area contributed by atoms with E-state index in [0.29, 0.717) is 5.56 Å². The van der Waals surface area contributed by atoms with Gasteiger partial charge in [0, 0.05) is 24.8 Å². The zero-order valence-corrected chi connectivity index (χ0v) is 10.4. The van der Waals surface area contributed by atoms with E-state index in [1.807, 2.05) is 11.0 Å². The highest BCUT2D eigenvalue weighted by Crippen LogP contribution is 2.28. The van der Waals surface area contributed by atoms with Gasteiger partial charge in [-0.15, -0.1) is 0 Å². The molecule has 0 aromatic carbocycles. The summed E-state index contributed by atoms with van der Waals surface area (Å²) < 4.78 is 0. The van der Waals surface area contributed by atoms with Crippen LogP contribution in [0.2, 0.25) is 0 Å². The first-order chi connectivity index (χ1) is 8.65. The number of carbonyl (C=O) groups excluding carboxylic acids is 1. The summed E-state index contributed by atoms with van der Waals surface area (Å²) in [5.74, 6) is 0.330. The highest BCUT2D eigenvalue weighted by atomic mass is 16.1. The summed E-state index contributed by atoms with van der Waals surface area (Å²) in [7, 11) is 0. The smallest absolute Gasteiger partial charge is 0.252 e. The second kappa shape index (κ2) is 4.24. The van der Waals surface area contributed by atoms with E-state index in [4.69, 9.17) is 11.5 Å². The lowest BCUT2D eigenvalue weighted by atomic mass is 9.94. The molecule has 1 aliphatic carbocycles. The summed E-state index contributed by atoms with van der Waals surface area (Å²) in [5.41, 5.74) is 14.1. The summed E-state index contributed by atoms with van der Waals surface area (Å²) >= 11 is 0. The average Bonchev–Trinajstić information content (AvgIpc) is 2.33. The van der Waals surface area contributed by atoms with Gasteiger partial charge in [-0.2, -0.15) is 0 Å². The molecule has 1 amide bonds. The van der Waals surface area contributed by atoms with Gasteiger partial charge in [0.15, 0.2) is 0 Å². The van der Waals surface area contributed by atoms with Crippen LogP contribution in [0.3, 0.4) is 0 Å². The van der Waals surface area contributed by atoms with Crippen molar-refractivity contribution in [3.8, 4) is 0 Å². The lowest BCUT2D eigenvalue weighted by Gasteiger charge is -2.39. The van der Waals surface area contributed by atoms with Crippen molar-refractivity contribution >= 4 is 11.7 Å². The monoisotopic (exact) mass is 246 g/mol. The third-order valence-electron chi connectivity index (χ3n) is 3.76. The van der Waals surface area contributed by atoms with Crippen LogP contribution < -0.4 is 16.4 Å². The Morgan fingerprint density at radius 3 is 2.72 bits per heavy atom. The summed E-state index contributed by atoms with van der Waals surface area (Å²) in [6.45, 7) is 1.51. The molecule has 1 aromatic heterocycles. The normalized spacial score (nSPS) is 19.3. The van der Waals surface area contributed by atoms with Gasteiger partial charge in [-0.25, -0.2) is 4.98 Å². The lowest BCUT2D eigenvalue weighted by Crippen LogP contribution is -2.56. The van der Waals surface area contributed by atoms with Crippen LogP contribution in [0, 0.1) is 0 Å². The fraction of sp³-hybridized carbons (Fsp3) is 0.538. The van der Waals surface area contributed by atoms with E-state index in [1.165, 1.54) is 18.4 Å². The number of carbonyl (C=O) groups is 1. The van der Waals surface area contributed by atoms with E-state index in [0.717, 1.165) is 37.4 Å². The first-order valence-corrected chi connectivity index (χ1v) is 6.48. The summed E-state index contributed by atoms with van der Waals surface area (Å²) in [5, 5.41) is 0. The predicted molar refractivity (Wildman–Crippen MR) is 69.6 cm³/mol. The van der Waals surface area contributed by atoms with Gasteiger partial charge in [0.2, 0.25) is 0 Å². The SMILES string of the molecule is NC(=O)c1cc2c(nc1N1CC(N)C1)CCCC2. The highest BCUT2D eigenvalue weighted by Gasteiger charge is 2.29. The number of hydrogen-bond acceptors (Lipinski definition) is 4. The second-order valence-electron chi connectivity index (χ2n) is 5.20. The van der Waals surface area contributed by atoms with E-state index in [2.05, 4.69) is 4.98 Å². The Morgan fingerprint density at radius 2 is 2.06 bits per heavy atom. The lowest BCUT2D eigenvalue weighted by molar-refractivity contribution is 0.1000. The number of nitrogens with two attached hydrogens (primary N) is 2. The molecule has 0 radical (unpaired) electrons. The topological polar surface area (TPSA) is 85.2 Å². The number of nitrogens with zero attached hydrogens (tertiary/aromatic N) is 2. The van der Waals surface area contributed by atoms with Crippen LogP contribution in [0.1, 0.15) is 34.5 Å².